The number of nitrogens with zero attached hydrogens (tertiary/aromatic N) is 2. The van der Waals surface area contributed by atoms with Gasteiger partial charge in [0.1, 0.15) is 5.75 Å². The van der Waals surface area contributed by atoms with Gasteiger partial charge >= 0.3 is 5.69 Å². The first-order valence-corrected chi connectivity index (χ1v) is 9.83. The third kappa shape index (κ3) is 3.86. The Morgan fingerprint density at radius 2 is 1.92 bits per heavy atom. The number of hydrogen-bond acceptors (Lipinski definition) is 5. The smallest absolute Gasteiger partial charge is 0.312 e. The van der Waals surface area contributed by atoms with E-state index in [-0.39, 0.29) is 22.3 Å². The third-order valence-electron chi connectivity index (χ3n) is 4.36. The van der Waals surface area contributed by atoms with E-state index >= 15 is 0 Å². The molecule has 1 aliphatic rings. The molecule has 0 saturated carbocycles. The average molecular weight is 376 g/mol. The first-order chi connectivity index (χ1) is 12.4. The number of hydrogen-bond donors (Lipinski definition) is 0. The Kier molecular flexibility index (Phi) is 5.24. The fourth-order valence-electron chi connectivity index (χ4n) is 3.02. The molecule has 1 atom stereocenters. The van der Waals surface area contributed by atoms with Gasteiger partial charge in [-0.25, -0.2) is 8.42 Å². The second-order valence-electron chi connectivity index (χ2n) is 6.41. The van der Waals surface area contributed by atoms with E-state index < -0.39 is 14.9 Å². The lowest BCUT2D eigenvalue weighted by Gasteiger charge is -2.30. The van der Waals surface area contributed by atoms with Crippen molar-refractivity contribution in [1.29, 1.82) is 0 Å². The lowest BCUT2D eigenvalue weighted by Crippen LogP contribution is -2.39. The summed E-state index contributed by atoms with van der Waals surface area (Å²) >= 11 is 0. The molecular weight excluding hydrogens is 356 g/mol. The fraction of sp³-hybridized carbons (Fsp3) is 0.333. The van der Waals surface area contributed by atoms with Gasteiger partial charge in [0.15, 0.2) is 0 Å². The van der Waals surface area contributed by atoms with Gasteiger partial charge in [-0.15, -0.1) is 0 Å². The van der Waals surface area contributed by atoms with E-state index in [9.17, 15) is 18.5 Å². The van der Waals surface area contributed by atoms with Gasteiger partial charge in [-0.2, -0.15) is 4.31 Å². The van der Waals surface area contributed by atoms with Gasteiger partial charge in [0, 0.05) is 19.2 Å². The predicted molar refractivity (Wildman–Crippen MR) is 96.8 cm³/mol. The molecule has 1 fully saturated rings. The van der Waals surface area contributed by atoms with E-state index in [1.165, 1.54) is 16.4 Å². The summed E-state index contributed by atoms with van der Waals surface area (Å²) in [5.74, 6) is 0.720. The molecule has 2 aromatic carbocycles. The van der Waals surface area contributed by atoms with Gasteiger partial charge in [0.05, 0.1) is 9.82 Å². The van der Waals surface area contributed by atoms with Crippen molar-refractivity contribution < 1.29 is 18.1 Å². The molecule has 0 bridgehead atoms. The summed E-state index contributed by atoms with van der Waals surface area (Å²) in [5.41, 5.74) is -0.375. The summed E-state index contributed by atoms with van der Waals surface area (Å²) < 4.78 is 32.6. The highest BCUT2D eigenvalue weighted by Gasteiger charge is 2.31. The number of nitro benzene ring substituents is 1. The Hall–Kier alpha value is -2.45. The van der Waals surface area contributed by atoms with E-state index in [1.54, 1.807) is 30.3 Å². The summed E-state index contributed by atoms with van der Waals surface area (Å²) in [6.45, 7) is 2.86. The minimum atomic E-state index is -3.77. The normalized spacial score (nSPS) is 18.4. The standard InChI is InChI=1S/C18H20N2O5S/c1-14-6-5-11-19(13-14)26(23,24)16-9-10-18(17(12-16)20(21)22)25-15-7-3-2-4-8-15/h2-4,7-10,12,14H,5-6,11,13H2,1H3/t14-/m1/s1. The van der Waals surface area contributed by atoms with Gasteiger partial charge in [-0.3, -0.25) is 10.1 Å². The van der Waals surface area contributed by atoms with E-state index in [2.05, 4.69) is 0 Å². The topological polar surface area (TPSA) is 89.8 Å². The number of para-hydroxylation sites is 1. The summed E-state index contributed by atoms with van der Waals surface area (Å²) in [5, 5.41) is 11.4. The van der Waals surface area contributed by atoms with E-state index in [0.29, 0.717) is 18.8 Å². The van der Waals surface area contributed by atoms with Crippen LogP contribution >= 0.6 is 0 Å². The quantitative estimate of drug-likeness (QED) is 0.585. The number of nitro groups is 1. The molecule has 0 spiro atoms. The van der Waals surface area contributed by atoms with Crippen molar-refractivity contribution in [2.24, 2.45) is 5.92 Å². The molecule has 138 valence electrons. The average Bonchev–Trinajstić information content (AvgIpc) is 2.62. The van der Waals surface area contributed by atoms with Crippen LogP contribution in [0.15, 0.2) is 53.4 Å². The lowest BCUT2D eigenvalue weighted by molar-refractivity contribution is -0.385. The summed E-state index contributed by atoms with van der Waals surface area (Å²) in [4.78, 5) is 10.7. The third-order valence-corrected chi connectivity index (χ3v) is 6.22. The van der Waals surface area contributed by atoms with Crippen LogP contribution in [0.2, 0.25) is 0 Å². The molecule has 0 aliphatic carbocycles. The summed E-state index contributed by atoms with van der Waals surface area (Å²) in [6, 6.07) is 12.4. The Labute approximate surface area is 152 Å². The molecule has 0 aromatic heterocycles. The van der Waals surface area contributed by atoms with Crippen molar-refractivity contribution >= 4 is 15.7 Å². The van der Waals surface area contributed by atoms with Gasteiger partial charge in [-0.05, 0) is 43.0 Å². The zero-order valence-electron chi connectivity index (χ0n) is 14.4. The molecule has 3 rings (SSSR count). The number of piperidine rings is 1. The molecule has 0 amide bonds. The molecule has 26 heavy (non-hydrogen) atoms. The maximum absolute atomic E-state index is 12.8. The van der Waals surface area contributed by atoms with Crippen LogP contribution in [0.1, 0.15) is 19.8 Å². The van der Waals surface area contributed by atoms with Crippen LogP contribution in [0.4, 0.5) is 5.69 Å². The lowest BCUT2D eigenvalue weighted by atomic mass is 10.0. The van der Waals surface area contributed by atoms with Gasteiger partial charge < -0.3 is 4.74 Å². The van der Waals surface area contributed by atoms with Crippen molar-refractivity contribution in [2.75, 3.05) is 13.1 Å². The molecule has 0 unspecified atom stereocenters. The Morgan fingerprint density at radius 3 is 2.58 bits per heavy atom. The SMILES string of the molecule is C[C@@H]1CCCN(S(=O)(=O)c2ccc(Oc3ccccc3)c([N+](=O)[O-])c2)C1. The van der Waals surface area contributed by atoms with Gasteiger partial charge in [0.25, 0.3) is 0 Å². The monoisotopic (exact) mass is 376 g/mol. The summed E-state index contributed by atoms with van der Waals surface area (Å²) in [6.07, 6.45) is 1.77. The van der Waals surface area contributed by atoms with Crippen LogP contribution < -0.4 is 4.74 Å². The van der Waals surface area contributed by atoms with Gasteiger partial charge in [-0.1, -0.05) is 25.1 Å². The highest BCUT2D eigenvalue weighted by atomic mass is 32.2. The zero-order valence-corrected chi connectivity index (χ0v) is 15.2. The van der Waals surface area contributed by atoms with Crippen LogP contribution in [0.3, 0.4) is 0 Å². The largest absolute Gasteiger partial charge is 0.450 e. The van der Waals surface area contributed by atoms with Crippen molar-refractivity contribution in [3.05, 3.63) is 58.6 Å². The minimum Gasteiger partial charge on any atom is -0.450 e. The molecule has 1 aliphatic heterocycles. The number of sulfonamides is 1. The zero-order chi connectivity index (χ0) is 18.7. The Morgan fingerprint density at radius 1 is 1.19 bits per heavy atom. The highest BCUT2D eigenvalue weighted by Crippen LogP contribution is 2.34. The molecule has 1 saturated heterocycles. The van der Waals surface area contributed by atoms with Crippen LogP contribution in [-0.2, 0) is 10.0 Å². The molecule has 0 radical (unpaired) electrons. The highest BCUT2D eigenvalue weighted by molar-refractivity contribution is 7.89. The maximum Gasteiger partial charge on any atom is 0.312 e. The van der Waals surface area contributed by atoms with Crippen molar-refractivity contribution in [3.8, 4) is 11.5 Å². The van der Waals surface area contributed by atoms with Crippen molar-refractivity contribution in [2.45, 2.75) is 24.7 Å². The molecular formula is C18H20N2O5S. The number of rotatable bonds is 5. The van der Waals surface area contributed by atoms with Crippen LogP contribution in [0.5, 0.6) is 11.5 Å². The molecule has 7 nitrogen and oxygen atoms in total. The van der Waals surface area contributed by atoms with Crippen molar-refractivity contribution in [3.63, 3.8) is 0 Å². The number of benzene rings is 2. The molecule has 2 aromatic rings. The molecule has 0 N–H and O–H groups in total. The molecule has 8 heteroatoms. The van der Waals surface area contributed by atoms with Crippen LogP contribution in [-0.4, -0.2) is 30.7 Å². The Balaban J connectivity index is 1.94. The van der Waals surface area contributed by atoms with Crippen molar-refractivity contribution in [1.82, 2.24) is 4.31 Å². The predicted octanol–water partition coefficient (Wildman–Crippen LogP) is 3.81. The second kappa shape index (κ2) is 7.43. The van der Waals surface area contributed by atoms with E-state index in [0.717, 1.165) is 18.9 Å². The van der Waals surface area contributed by atoms with Crippen LogP contribution in [0, 0.1) is 16.0 Å². The van der Waals surface area contributed by atoms with Gasteiger partial charge in [0.2, 0.25) is 15.8 Å². The summed E-state index contributed by atoms with van der Waals surface area (Å²) in [7, 11) is -3.77. The Bertz CT molecular complexity index is 899. The maximum atomic E-state index is 12.8. The second-order valence-corrected chi connectivity index (χ2v) is 8.35. The van der Waals surface area contributed by atoms with E-state index in [4.69, 9.17) is 4.74 Å². The number of ether oxygens (including phenoxy) is 1. The minimum absolute atomic E-state index is 0.00663. The first kappa shape index (κ1) is 18.3. The first-order valence-electron chi connectivity index (χ1n) is 8.39. The van der Waals surface area contributed by atoms with Crippen LogP contribution in [0.25, 0.3) is 0 Å². The molecule has 1 heterocycles. The van der Waals surface area contributed by atoms with E-state index in [1.807, 2.05) is 6.92 Å². The fourth-order valence-corrected chi connectivity index (χ4v) is 4.63.